The Balaban J connectivity index is 1.42. The van der Waals surface area contributed by atoms with E-state index in [0.29, 0.717) is 5.71 Å². The van der Waals surface area contributed by atoms with Crippen LogP contribution in [0.3, 0.4) is 0 Å². The number of hydrogen-bond acceptors (Lipinski definition) is 7. The van der Waals surface area contributed by atoms with E-state index in [0.717, 1.165) is 59.1 Å². The van der Waals surface area contributed by atoms with Gasteiger partial charge >= 0.3 is 0 Å². The molecule has 0 spiro atoms. The summed E-state index contributed by atoms with van der Waals surface area (Å²) in [7, 11) is 0. The number of fused-ring (bicyclic) bond motifs is 13. The highest BCUT2D eigenvalue weighted by molar-refractivity contribution is 7.37. The number of furan rings is 2. The van der Waals surface area contributed by atoms with Crippen molar-refractivity contribution in [3.8, 4) is 11.4 Å². The van der Waals surface area contributed by atoms with Crippen LogP contribution in [0, 0.1) is 27.7 Å². The zero-order valence-corrected chi connectivity index (χ0v) is 26.3. The van der Waals surface area contributed by atoms with E-state index >= 15 is 0 Å². The fraction of sp³-hybridized carbons (Fsp3) is 0.121. The van der Waals surface area contributed by atoms with Crippen LogP contribution in [0.2, 0.25) is 0 Å². The number of rotatable bonds is 2. The fourth-order valence-corrected chi connectivity index (χ4v) is 11.1. The highest BCUT2D eigenvalue weighted by Gasteiger charge is 2.31. The smallest absolute Gasteiger partial charge is 0.240 e. The zero-order chi connectivity index (χ0) is 28.0. The lowest BCUT2D eigenvalue weighted by Gasteiger charge is -2.07. The average molecular weight is 620 g/mol. The summed E-state index contributed by atoms with van der Waals surface area (Å²) in [5, 5.41) is 0.994. The Morgan fingerprint density at radius 2 is 1.14 bits per heavy atom. The molecule has 0 unspecified atom stereocenters. The molecule has 0 N–H and O–H groups in total. The number of benzene rings is 2. The van der Waals surface area contributed by atoms with Crippen molar-refractivity contribution < 1.29 is 8.83 Å². The maximum atomic E-state index is 6.94. The van der Waals surface area contributed by atoms with Crippen molar-refractivity contribution in [3.05, 3.63) is 75.6 Å². The third-order valence-electron chi connectivity index (χ3n) is 8.16. The lowest BCUT2D eigenvalue weighted by Crippen LogP contribution is -1.93. The molecule has 204 valence electrons. The second kappa shape index (κ2) is 7.93. The summed E-state index contributed by atoms with van der Waals surface area (Å²) >= 11 is 7.28. The third-order valence-corrected chi connectivity index (χ3v) is 12.8. The minimum absolute atomic E-state index is 0.675. The van der Waals surface area contributed by atoms with Gasteiger partial charge in [0.1, 0.15) is 25.9 Å². The largest absolute Gasteiger partial charge is 0.447 e. The summed E-state index contributed by atoms with van der Waals surface area (Å²) in [6.45, 7) is 8.49. The molecule has 8 aromatic heterocycles. The number of aromatic nitrogens is 3. The molecule has 9 heteroatoms. The molecular weight excluding hydrogens is 599 g/mol. The number of nitrogens with zero attached hydrogens (tertiary/aromatic N) is 3. The highest BCUT2D eigenvalue weighted by Crippen LogP contribution is 2.53. The van der Waals surface area contributed by atoms with Crippen LogP contribution < -0.4 is 0 Å². The molecule has 0 radical (unpaired) electrons. The Morgan fingerprint density at radius 1 is 0.548 bits per heavy atom. The molecule has 8 heterocycles. The summed E-state index contributed by atoms with van der Waals surface area (Å²) in [6, 6.07) is 19.9. The first kappa shape index (κ1) is 23.6. The van der Waals surface area contributed by atoms with Gasteiger partial charge in [0.2, 0.25) is 5.71 Å². The van der Waals surface area contributed by atoms with Crippen LogP contribution in [0.4, 0.5) is 0 Å². The molecule has 0 aliphatic carbocycles. The SMILES string of the molecule is Cc1ccc(-n2c3c(oc4nc(C)sc43)c3oc4c(sc5c6sc7cc(C)sc7c6n(-c6ccc(C)cc6)c45)c32)cc1. The van der Waals surface area contributed by atoms with Gasteiger partial charge < -0.3 is 18.0 Å². The molecule has 0 saturated carbocycles. The zero-order valence-electron chi connectivity index (χ0n) is 23.0. The van der Waals surface area contributed by atoms with Crippen LogP contribution in [0.1, 0.15) is 21.0 Å². The lowest BCUT2D eigenvalue weighted by atomic mass is 10.2. The van der Waals surface area contributed by atoms with Crippen molar-refractivity contribution in [3.63, 3.8) is 0 Å². The second-order valence-electron chi connectivity index (χ2n) is 11.0. The predicted octanol–water partition coefficient (Wildman–Crippen LogP) is 11.4. The van der Waals surface area contributed by atoms with Crippen LogP contribution in [0.5, 0.6) is 0 Å². The summed E-state index contributed by atoms with van der Waals surface area (Å²) in [4.78, 5) is 6.02. The van der Waals surface area contributed by atoms with Crippen molar-refractivity contribution in [2.24, 2.45) is 0 Å². The number of thiazole rings is 1. The molecule has 0 amide bonds. The summed E-state index contributed by atoms with van der Waals surface area (Å²) in [5.41, 5.74) is 12.4. The molecule has 0 atom stereocenters. The van der Waals surface area contributed by atoms with Gasteiger partial charge in [0, 0.05) is 21.0 Å². The predicted molar refractivity (Wildman–Crippen MR) is 180 cm³/mol. The fourth-order valence-electron chi connectivity index (χ4n) is 6.34. The molecule has 10 aromatic rings. The van der Waals surface area contributed by atoms with Gasteiger partial charge in [-0.15, -0.1) is 45.3 Å². The first-order valence-corrected chi connectivity index (χ1v) is 17.0. The molecule has 2 aromatic carbocycles. The minimum atomic E-state index is 0.675. The normalized spacial score (nSPS) is 12.8. The molecular formula is C33H21N3O2S4. The number of aryl methyl sites for hydroxylation is 4. The monoisotopic (exact) mass is 619 g/mol. The van der Waals surface area contributed by atoms with E-state index in [4.69, 9.17) is 8.83 Å². The van der Waals surface area contributed by atoms with E-state index < -0.39 is 0 Å². The maximum absolute atomic E-state index is 6.94. The molecule has 10 rings (SSSR count). The van der Waals surface area contributed by atoms with Gasteiger partial charge in [-0.1, -0.05) is 35.4 Å². The minimum Gasteiger partial charge on any atom is -0.447 e. The summed E-state index contributed by atoms with van der Waals surface area (Å²) in [5.74, 6) is 0. The Bertz CT molecular complexity index is 2520. The van der Waals surface area contributed by atoms with Gasteiger partial charge in [0.15, 0.2) is 16.7 Å². The van der Waals surface area contributed by atoms with Crippen LogP contribution in [0.15, 0.2) is 63.4 Å². The van der Waals surface area contributed by atoms with Crippen LogP contribution in [0.25, 0.3) is 84.1 Å². The molecule has 42 heavy (non-hydrogen) atoms. The lowest BCUT2D eigenvalue weighted by molar-refractivity contribution is 0.628. The maximum Gasteiger partial charge on any atom is 0.240 e. The third kappa shape index (κ3) is 2.89. The summed E-state index contributed by atoms with van der Waals surface area (Å²) < 4.78 is 25.6. The van der Waals surface area contributed by atoms with Crippen molar-refractivity contribution >= 4 is 118 Å². The van der Waals surface area contributed by atoms with Gasteiger partial charge in [-0.25, -0.2) is 4.98 Å². The first-order chi connectivity index (χ1) is 20.4. The molecule has 0 fully saturated rings. The van der Waals surface area contributed by atoms with Gasteiger partial charge in [-0.2, -0.15) is 0 Å². The number of thiophene rings is 3. The van der Waals surface area contributed by atoms with Crippen molar-refractivity contribution in [2.75, 3.05) is 0 Å². The van der Waals surface area contributed by atoms with E-state index in [1.807, 2.05) is 40.9 Å². The first-order valence-electron chi connectivity index (χ1n) is 13.7. The van der Waals surface area contributed by atoms with Gasteiger partial charge in [0.25, 0.3) is 0 Å². The highest BCUT2D eigenvalue weighted by atomic mass is 32.1. The Hall–Kier alpha value is -3.89. The van der Waals surface area contributed by atoms with Crippen molar-refractivity contribution in [1.29, 1.82) is 0 Å². The van der Waals surface area contributed by atoms with E-state index in [1.54, 1.807) is 11.3 Å². The van der Waals surface area contributed by atoms with Gasteiger partial charge in [-0.05, 0) is 58.0 Å². The molecule has 5 nitrogen and oxygen atoms in total. The Kier molecular flexibility index (Phi) is 4.47. The second-order valence-corrected chi connectivity index (χ2v) is 15.6. The van der Waals surface area contributed by atoms with E-state index in [9.17, 15) is 0 Å². The molecule has 0 saturated heterocycles. The van der Waals surface area contributed by atoms with Gasteiger partial charge in [-0.3, -0.25) is 0 Å². The van der Waals surface area contributed by atoms with Crippen LogP contribution in [-0.4, -0.2) is 14.1 Å². The van der Waals surface area contributed by atoms with Crippen LogP contribution in [-0.2, 0) is 0 Å². The van der Waals surface area contributed by atoms with Gasteiger partial charge in [0.05, 0.1) is 24.6 Å². The van der Waals surface area contributed by atoms with Crippen LogP contribution >= 0.6 is 45.3 Å². The quantitative estimate of drug-likeness (QED) is 0.193. The molecule has 0 aliphatic heterocycles. The number of hydrogen-bond donors (Lipinski definition) is 0. The van der Waals surface area contributed by atoms with Crippen molar-refractivity contribution in [2.45, 2.75) is 27.7 Å². The molecule has 0 bridgehead atoms. The van der Waals surface area contributed by atoms with E-state index in [-0.39, 0.29) is 0 Å². The van der Waals surface area contributed by atoms with Crippen molar-refractivity contribution in [1.82, 2.24) is 14.1 Å². The van der Waals surface area contributed by atoms with E-state index in [1.165, 1.54) is 40.3 Å². The standard InChI is InChI=1S/C33H21N3O2S4/c1-14-5-9-18(10-6-14)35-21-25(26-22(35)32-33(38-26)34-17(4)40-32)37-27-23-30(42-29(21)27)31-24(28-20(41-31)13-16(3)39-28)36(23)19-11-7-15(2)8-12-19/h5-13H,1-4H3. The topological polar surface area (TPSA) is 49.0 Å². The summed E-state index contributed by atoms with van der Waals surface area (Å²) in [6.07, 6.45) is 0. The molecule has 0 aliphatic rings. The Morgan fingerprint density at radius 3 is 1.86 bits per heavy atom. The van der Waals surface area contributed by atoms with E-state index in [2.05, 4.69) is 89.5 Å². The average Bonchev–Trinajstić information content (AvgIpc) is 3.80. The Labute approximate surface area is 254 Å².